The van der Waals surface area contributed by atoms with Gasteiger partial charge in [0, 0.05) is 20.0 Å². The summed E-state index contributed by atoms with van der Waals surface area (Å²) in [7, 11) is 0. The Morgan fingerprint density at radius 1 is 1.17 bits per heavy atom. The number of amides is 3. The Morgan fingerprint density at radius 3 is 2.55 bits per heavy atom. The molecule has 0 aromatic heterocycles. The fourth-order valence-corrected chi connectivity index (χ4v) is 3.95. The van der Waals surface area contributed by atoms with Gasteiger partial charge in [-0.25, -0.2) is 0 Å². The van der Waals surface area contributed by atoms with Gasteiger partial charge in [-0.3, -0.25) is 24.1 Å². The van der Waals surface area contributed by atoms with Crippen molar-refractivity contribution >= 4 is 40.9 Å². The van der Waals surface area contributed by atoms with Gasteiger partial charge in [0.15, 0.2) is 11.5 Å². The zero-order chi connectivity index (χ0) is 21.0. The summed E-state index contributed by atoms with van der Waals surface area (Å²) in [6.07, 6.45) is 3.45. The molecule has 2 heterocycles. The van der Waals surface area contributed by atoms with Crippen molar-refractivity contribution in [2.24, 2.45) is 0 Å². The number of esters is 1. The third-order valence-corrected chi connectivity index (χ3v) is 5.35. The number of carbonyl (C=O) groups excluding carboxylic acids is 4. The number of thioether (sulfide) groups is 1. The van der Waals surface area contributed by atoms with E-state index in [2.05, 4.69) is 0 Å². The highest BCUT2D eigenvalue weighted by Gasteiger charge is 2.37. The molecule has 1 aromatic carbocycles. The monoisotopic (exact) mass is 418 g/mol. The van der Waals surface area contributed by atoms with Crippen molar-refractivity contribution in [1.29, 1.82) is 0 Å². The van der Waals surface area contributed by atoms with E-state index >= 15 is 0 Å². The van der Waals surface area contributed by atoms with Gasteiger partial charge in [0.05, 0.1) is 11.5 Å². The molecule has 0 atom stereocenters. The van der Waals surface area contributed by atoms with E-state index in [1.54, 1.807) is 36.1 Å². The fraction of sp³-hybridized carbons (Fsp3) is 0.400. The van der Waals surface area contributed by atoms with Crippen LogP contribution in [-0.4, -0.2) is 59.1 Å². The average molecular weight is 418 g/mol. The number of imide groups is 1. The van der Waals surface area contributed by atoms with Crippen molar-refractivity contribution in [2.45, 2.75) is 26.7 Å². The molecule has 1 aromatic rings. The van der Waals surface area contributed by atoms with Gasteiger partial charge < -0.3 is 14.4 Å². The van der Waals surface area contributed by atoms with Crippen LogP contribution >= 0.6 is 11.8 Å². The predicted molar refractivity (Wildman–Crippen MR) is 107 cm³/mol. The second kappa shape index (κ2) is 9.13. The van der Waals surface area contributed by atoms with Crippen LogP contribution < -0.4 is 9.47 Å². The predicted octanol–water partition coefficient (Wildman–Crippen LogP) is 2.67. The molecule has 9 heteroatoms. The van der Waals surface area contributed by atoms with E-state index in [1.165, 1.54) is 6.92 Å². The molecule has 0 N–H and O–H groups in total. The maximum atomic E-state index is 12.6. The Bertz CT molecular complexity index is 876. The van der Waals surface area contributed by atoms with Crippen molar-refractivity contribution in [3.8, 4) is 11.5 Å². The molecule has 2 aliphatic heterocycles. The van der Waals surface area contributed by atoms with Gasteiger partial charge in [0.1, 0.15) is 6.54 Å². The molecule has 0 bridgehead atoms. The smallest absolute Gasteiger partial charge is 0.308 e. The van der Waals surface area contributed by atoms with E-state index in [9.17, 15) is 19.2 Å². The van der Waals surface area contributed by atoms with E-state index in [0.29, 0.717) is 31.0 Å². The first-order valence-corrected chi connectivity index (χ1v) is 10.2. The van der Waals surface area contributed by atoms with Crippen molar-refractivity contribution in [3.05, 3.63) is 28.7 Å². The summed E-state index contributed by atoms with van der Waals surface area (Å²) in [5.74, 6) is -0.534. The zero-order valence-electron chi connectivity index (χ0n) is 16.3. The highest BCUT2D eigenvalue weighted by Crippen LogP contribution is 2.34. The number of carbonyl (C=O) groups is 4. The summed E-state index contributed by atoms with van der Waals surface area (Å²) >= 11 is 0.797. The van der Waals surface area contributed by atoms with Crippen LogP contribution in [-0.2, 0) is 14.4 Å². The Kier molecular flexibility index (Phi) is 6.58. The number of hydrogen-bond donors (Lipinski definition) is 0. The third-order valence-electron chi connectivity index (χ3n) is 4.44. The van der Waals surface area contributed by atoms with Crippen molar-refractivity contribution in [2.75, 3.05) is 26.2 Å². The quantitative estimate of drug-likeness (QED) is 0.398. The number of benzene rings is 1. The lowest BCUT2D eigenvalue weighted by atomic mass is 10.2. The Morgan fingerprint density at radius 2 is 1.90 bits per heavy atom. The molecule has 0 saturated carbocycles. The molecular weight excluding hydrogens is 396 g/mol. The second-order valence-corrected chi connectivity index (χ2v) is 7.58. The molecule has 0 aliphatic carbocycles. The van der Waals surface area contributed by atoms with Gasteiger partial charge in [-0.15, -0.1) is 0 Å². The van der Waals surface area contributed by atoms with Crippen molar-refractivity contribution in [3.63, 3.8) is 0 Å². The standard InChI is InChI=1S/C20H22N2O6S/c1-3-27-16-10-14(6-7-15(16)28-13(2)23)11-17-19(25)22(20(26)29-17)12-18(24)21-8-4-5-9-21/h6-7,10-11H,3-5,8-9,12H2,1-2H3/b17-11+. The van der Waals surface area contributed by atoms with Gasteiger partial charge in [-0.05, 0) is 55.3 Å². The Labute approximate surface area is 172 Å². The van der Waals surface area contributed by atoms with Crippen LogP contribution in [0.3, 0.4) is 0 Å². The molecule has 2 saturated heterocycles. The van der Waals surface area contributed by atoms with Gasteiger partial charge in [-0.1, -0.05) is 6.07 Å². The van der Waals surface area contributed by atoms with Crippen LogP contribution in [0.2, 0.25) is 0 Å². The minimum atomic E-state index is -0.491. The lowest BCUT2D eigenvalue weighted by molar-refractivity contribution is -0.135. The van der Waals surface area contributed by atoms with E-state index in [1.807, 2.05) is 0 Å². The molecular formula is C20H22N2O6S. The van der Waals surface area contributed by atoms with Crippen LogP contribution in [0.4, 0.5) is 4.79 Å². The van der Waals surface area contributed by atoms with Gasteiger partial charge >= 0.3 is 5.97 Å². The largest absolute Gasteiger partial charge is 0.490 e. The third kappa shape index (κ3) is 4.97. The fourth-order valence-electron chi connectivity index (χ4n) is 3.11. The van der Waals surface area contributed by atoms with Crippen LogP contribution in [0, 0.1) is 0 Å². The van der Waals surface area contributed by atoms with Gasteiger partial charge in [0.2, 0.25) is 5.91 Å². The minimum Gasteiger partial charge on any atom is -0.490 e. The molecule has 2 aliphatic rings. The van der Waals surface area contributed by atoms with Gasteiger partial charge in [-0.2, -0.15) is 0 Å². The number of hydrogen-bond acceptors (Lipinski definition) is 7. The topological polar surface area (TPSA) is 93.2 Å². The minimum absolute atomic E-state index is 0.213. The first kappa shape index (κ1) is 20.9. The summed E-state index contributed by atoms with van der Waals surface area (Å²) in [6.45, 7) is 4.56. The van der Waals surface area contributed by atoms with E-state index in [0.717, 1.165) is 29.5 Å². The number of nitrogens with zero attached hydrogens (tertiary/aromatic N) is 2. The summed E-state index contributed by atoms with van der Waals surface area (Å²) in [5.41, 5.74) is 0.612. The summed E-state index contributed by atoms with van der Waals surface area (Å²) < 4.78 is 10.6. The average Bonchev–Trinajstić information content (AvgIpc) is 3.29. The molecule has 0 radical (unpaired) electrons. The van der Waals surface area contributed by atoms with Crippen molar-refractivity contribution < 1.29 is 28.7 Å². The molecule has 154 valence electrons. The van der Waals surface area contributed by atoms with Crippen LogP contribution in [0.25, 0.3) is 6.08 Å². The summed E-state index contributed by atoms with van der Waals surface area (Å²) in [4.78, 5) is 51.3. The molecule has 0 unspecified atom stereocenters. The Balaban J connectivity index is 1.76. The second-order valence-electron chi connectivity index (χ2n) is 6.59. The van der Waals surface area contributed by atoms with Crippen LogP contribution in [0.1, 0.15) is 32.3 Å². The lowest BCUT2D eigenvalue weighted by Crippen LogP contribution is -2.40. The molecule has 8 nitrogen and oxygen atoms in total. The molecule has 3 rings (SSSR count). The van der Waals surface area contributed by atoms with E-state index in [-0.39, 0.29) is 23.1 Å². The molecule has 2 fully saturated rings. The SMILES string of the molecule is CCOc1cc(/C=C2/SC(=O)N(CC(=O)N3CCCC3)C2=O)ccc1OC(C)=O. The van der Waals surface area contributed by atoms with E-state index < -0.39 is 17.1 Å². The number of ether oxygens (including phenoxy) is 2. The summed E-state index contributed by atoms with van der Waals surface area (Å²) in [6, 6.07) is 4.86. The van der Waals surface area contributed by atoms with Crippen molar-refractivity contribution in [1.82, 2.24) is 9.80 Å². The van der Waals surface area contributed by atoms with Gasteiger partial charge in [0.25, 0.3) is 11.1 Å². The van der Waals surface area contributed by atoms with Crippen LogP contribution in [0.5, 0.6) is 11.5 Å². The van der Waals surface area contributed by atoms with Crippen LogP contribution in [0.15, 0.2) is 23.1 Å². The normalized spacial score (nSPS) is 17.9. The Hall–Kier alpha value is -2.81. The maximum absolute atomic E-state index is 12.6. The molecule has 0 spiro atoms. The number of rotatable bonds is 6. The molecule has 29 heavy (non-hydrogen) atoms. The highest BCUT2D eigenvalue weighted by molar-refractivity contribution is 8.18. The van der Waals surface area contributed by atoms with E-state index in [4.69, 9.17) is 9.47 Å². The lowest BCUT2D eigenvalue weighted by Gasteiger charge is -2.18. The first-order chi connectivity index (χ1) is 13.9. The highest BCUT2D eigenvalue weighted by atomic mass is 32.2. The first-order valence-electron chi connectivity index (χ1n) is 9.37. The number of likely N-dealkylation sites (tertiary alicyclic amines) is 1. The zero-order valence-corrected chi connectivity index (χ0v) is 17.1. The molecule has 3 amide bonds. The summed E-state index contributed by atoms with van der Waals surface area (Å²) in [5, 5.41) is -0.463. The maximum Gasteiger partial charge on any atom is 0.308 e.